The Morgan fingerprint density at radius 3 is 2.47 bits per heavy atom. The molecule has 0 aliphatic carbocycles. The molecule has 1 saturated heterocycles. The molecule has 3 rings (SSSR count). The molecule has 1 N–H and O–H groups in total. The molecule has 0 radical (unpaired) electrons. The van der Waals surface area contributed by atoms with Crippen LogP contribution in [0, 0.1) is 13.8 Å². The van der Waals surface area contributed by atoms with E-state index < -0.39 is 0 Å². The standard InChI is InChI=1S/C22H33N5O2S/c1-16-21(30-17(2)25-16)8-9-24-22(23-3)27-12-10-26(11-13-27)15-18-6-7-19(28-4)20(14-18)29-5/h6-7,14H,8-13,15H2,1-5H3,(H,23,24). The number of methoxy groups -OCH3 is 2. The Hall–Kier alpha value is -2.32. The fraction of sp³-hybridized carbons (Fsp3) is 0.545. The Morgan fingerprint density at radius 1 is 1.13 bits per heavy atom. The van der Waals surface area contributed by atoms with Crippen LogP contribution in [0.5, 0.6) is 11.5 Å². The molecule has 0 amide bonds. The van der Waals surface area contributed by atoms with Crippen molar-refractivity contribution in [3.63, 3.8) is 0 Å². The average Bonchev–Trinajstić information content (AvgIpc) is 3.08. The molecule has 30 heavy (non-hydrogen) atoms. The van der Waals surface area contributed by atoms with E-state index in [1.807, 2.05) is 13.1 Å². The Morgan fingerprint density at radius 2 is 1.87 bits per heavy atom. The highest BCUT2D eigenvalue weighted by Crippen LogP contribution is 2.28. The quantitative estimate of drug-likeness (QED) is 0.537. The van der Waals surface area contributed by atoms with Crippen molar-refractivity contribution in [2.45, 2.75) is 26.8 Å². The van der Waals surface area contributed by atoms with E-state index in [1.54, 1.807) is 25.6 Å². The molecule has 1 aromatic carbocycles. The van der Waals surface area contributed by atoms with Crippen molar-refractivity contribution in [2.75, 3.05) is 54.0 Å². The highest BCUT2D eigenvalue weighted by atomic mass is 32.1. The predicted octanol–water partition coefficient (Wildman–Crippen LogP) is 2.71. The number of aliphatic imine (C=N–C) groups is 1. The summed E-state index contributed by atoms with van der Waals surface area (Å²) < 4.78 is 10.8. The van der Waals surface area contributed by atoms with Crippen LogP contribution in [0.3, 0.4) is 0 Å². The summed E-state index contributed by atoms with van der Waals surface area (Å²) in [4.78, 5) is 15.2. The lowest BCUT2D eigenvalue weighted by Gasteiger charge is -2.36. The fourth-order valence-corrected chi connectivity index (χ4v) is 4.72. The topological polar surface area (TPSA) is 62.2 Å². The first-order chi connectivity index (χ1) is 14.5. The molecule has 1 aliphatic rings. The summed E-state index contributed by atoms with van der Waals surface area (Å²) >= 11 is 1.79. The molecule has 0 atom stereocenters. The van der Waals surface area contributed by atoms with Gasteiger partial charge >= 0.3 is 0 Å². The third-order valence-electron chi connectivity index (χ3n) is 5.37. The van der Waals surface area contributed by atoms with Gasteiger partial charge in [0.25, 0.3) is 0 Å². The van der Waals surface area contributed by atoms with E-state index in [2.05, 4.69) is 51.1 Å². The highest BCUT2D eigenvalue weighted by molar-refractivity contribution is 7.11. The normalized spacial score (nSPS) is 15.4. The molecule has 0 bridgehead atoms. The number of aromatic nitrogens is 1. The zero-order valence-electron chi connectivity index (χ0n) is 18.7. The molecule has 1 aliphatic heterocycles. The first-order valence-electron chi connectivity index (χ1n) is 10.4. The van der Waals surface area contributed by atoms with Gasteiger partial charge in [0, 0.05) is 57.6 Å². The van der Waals surface area contributed by atoms with Gasteiger partial charge in [-0.1, -0.05) is 6.07 Å². The van der Waals surface area contributed by atoms with E-state index in [4.69, 9.17) is 9.47 Å². The number of rotatable bonds is 7. The van der Waals surface area contributed by atoms with Crippen LogP contribution in [0.25, 0.3) is 0 Å². The molecule has 164 valence electrons. The van der Waals surface area contributed by atoms with Gasteiger partial charge in [0.1, 0.15) is 0 Å². The Bertz CT molecular complexity index is 859. The van der Waals surface area contributed by atoms with Crippen LogP contribution in [-0.2, 0) is 13.0 Å². The number of guanidine groups is 1. The van der Waals surface area contributed by atoms with Crippen LogP contribution in [0.2, 0.25) is 0 Å². The van der Waals surface area contributed by atoms with Gasteiger partial charge in [0.15, 0.2) is 17.5 Å². The van der Waals surface area contributed by atoms with Crippen LogP contribution in [0.15, 0.2) is 23.2 Å². The summed E-state index contributed by atoms with van der Waals surface area (Å²) in [6.07, 6.45) is 0.982. The molecular formula is C22H33N5O2S. The van der Waals surface area contributed by atoms with Crippen LogP contribution in [0.4, 0.5) is 0 Å². The molecule has 1 fully saturated rings. The second-order valence-corrected chi connectivity index (χ2v) is 8.71. The number of thiazole rings is 1. The Labute approximate surface area is 183 Å². The first kappa shape index (κ1) is 22.4. The Balaban J connectivity index is 1.47. The molecule has 0 unspecified atom stereocenters. The van der Waals surface area contributed by atoms with E-state index >= 15 is 0 Å². The molecule has 7 nitrogen and oxygen atoms in total. The number of nitrogens with zero attached hydrogens (tertiary/aromatic N) is 4. The van der Waals surface area contributed by atoms with Crippen LogP contribution in [-0.4, -0.2) is 74.7 Å². The fourth-order valence-electron chi connectivity index (χ4n) is 3.78. The number of benzene rings is 1. The smallest absolute Gasteiger partial charge is 0.193 e. The molecule has 2 aromatic rings. The molecule has 0 saturated carbocycles. The number of aryl methyl sites for hydroxylation is 2. The SMILES string of the molecule is CN=C(NCCc1sc(C)nc1C)N1CCN(Cc2ccc(OC)c(OC)c2)CC1. The van der Waals surface area contributed by atoms with Gasteiger partial charge in [-0.05, 0) is 31.5 Å². The van der Waals surface area contributed by atoms with Crippen molar-refractivity contribution < 1.29 is 9.47 Å². The Kier molecular flexibility index (Phi) is 7.93. The van der Waals surface area contributed by atoms with Crippen LogP contribution < -0.4 is 14.8 Å². The average molecular weight is 432 g/mol. The maximum absolute atomic E-state index is 5.43. The zero-order valence-corrected chi connectivity index (χ0v) is 19.5. The summed E-state index contributed by atoms with van der Waals surface area (Å²) in [6.45, 7) is 9.87. The van der Waals surface area contributed by atoms with Crippen molar-refractivity contribution in [1.82, 2.24) is 20.1 Å². The van der Waals surface area contributed by atoms with Crippen LogP contribution in [0.1, 0.15) is 21.1 Å². The lowest BCUT2D eigenvalue weighted by molar-refractivity contribution is 0.172. The summed E-state index contributed by atoms with van der Waals surface area (Å²) in [5, 5.41) is 4.66. The van der Waals surface area contributed by atoms with Gasteiger partial charge in [-0.3, -0.25) is 9.89 Å². The summed E-state index contributed by atoms with van der Waals surface area (Å²) in [6, 6.07) is 6.15. The number of hydrogen-bond acceptors (Lipinski definition) is 6. The minimum absolute atomic E-state index is 0.768. The molecule has 8 heteroatoms. The van der Waals surface area contributed by atoms with E-state index in [1.165, 1.54) is 10.4 Å². The van der Waals surface area contributed by atoms with Gasteiger partial charge in [-0.2, -0.15) is 0 Å². The third-order valence-corrected chi connectivity index (χ3v) is 6.51. The van der Waals surface area contributed by atoms with Crippen molar-refractivity contribution >= 4 is 17.3 Å². The van der Waals surface area contributed by atoms with Gasteiger partial charge < -0.3 is 19.7 Å². The number of nitrogens with one attached hydrogen (secondary N) is 1. The van der Waals surface area contributed by atoms with Crippen molar-refractivity contribution in [3.05, 3.63) is 39.3 Å². The maximum atomic E-state index is 5.43. The number of piperazine rings is 1. The predicted molar refractivity (Wildman–Crippen MR) is 123 cm³/mol. The van der Waals surface area contributed by atoms with Crippen LogP contribution >= 0.6 is 11.3 Å². The van der Waals surface area contributed by atoms with Gasteiger partial charge in [0.05, 0.1) is 24.9 Å². The van der Waals surface area contributed by atoms with E-state index in [-0.39, 0.29) is 0 Å². The summed E-state index contributed by atoms with van der Waals surface area (Å²) in [5.74, 6) is 2.54. The monoisotopic (exact) mass is 431 g/mol. The minimum atomic E-state index is 0.768. The minimum Gasteiger partial charge on any atom is -0.493 e. The first-order valence-corrected chi connectivity index (χ1v) is 11.2. The third kappa shape index (κ3) is 5.64. The van der Waals surface area contributed by atoms with Crippen molar-refractivity contribution in [3.8, 4) is 11.5 Å². The molecule has 1 aromatic heterocycles. The van der Waals surface area contributed by atoms with E-state index in [9.17, 15) is 0 Å². The largest absolute Gasteiger partial charge is 0.493 e. The second kappa shape index (κ2) is 10.6. The zero-order chi connectivity index (χ0) is 21.5. The molecule has 2 heterocycles. The summed E-state index contributed by atoms with van der Waals surface area (Å²) in [5.41, 5.74) is 2.39. The van der Waals surface area contributed by atoms with Gasteiger partial charge in [-0.15, -0.1) is 11.3 Å². The van der Waals surface area contributed by atoms with Crippen molar-refractivity contribution in [2.24, 2.45) is 4.99 Å². The van der Waals surface area contributed by atoms with Gasteiger partial charge in [-0.25, -0.2) is 4.98 Å². The molecular weight excluding hydrogens is 398 g/mol. The van der Waals surface area contributed by atoms with E-state index in [0.717, 1.165) is 73.8 Å². The molecule has 0 spiro atoms. The lowest BCUT2D eigenvalue weighted by atomic mass is 10.1. The number of ether oxygens (including phenoxy) is 2. The maximum Gasteiger partial charge on any atom is 0.193 e. The number of hydrogen-bond donors (Lipinski definition) is 1. The van der Waals surface area contributed by atoms with Gasteiger partial charge in [0.2, 0.25) is 0 Å². The lowest BCUT2D eigenvalue weighted by Crippen LogP contribution is -2.52. The highest BCUT2D eigenvalue weighted by Gasteiger charge is 2.20. The van der Waals surface area contributed by atoms with Crippen molar-refractivity contribution in [1.29, 1.82) is 0 Å². The van der Waals surface area contributed by atoms with E-state index in [0.29, 0.717) is 0 Å². The summed E-state index contributed by atoms with van der Waals surface area (Å²) in [7, 11) is 5.20. The second-order valence-electron chi connectivity index (χ2n) is 7.42.